The average molecular weight is 362 g/mol. The van der Waals surface area contributed by atoms with E-state index in [0.717, 1.165) is 24.6 Å². The van der Waals surface area contributed by atoms with Crippen molar-refractivity contribution in [3.8, 4) is 11.4 Å². The lowest BCUT2D eigenvalue weighted by Crippen LogP contribution is -2.24. The third kappa shape index (κ3) is 4.38. The van der Waals surface area contributed by atoms with Gasteiger partial charge in [-0.15, -0.1) is 0 Å². The molecule has 0 bridgehead atoms. The third-order valence-corrected chi connectivity index (χ3v) is 6.11. The minimum Gasteiger partial charge on any atom is -0.384 e. The molecule has 2 N–H and O–H groups in total. The van der Waals surface area contributed by atoms with Crippen molar-refractivity contribution in [1.82, 2.24) is 19.3 Å². The SMILES string of the molecule is Cn1c(=O)c(-c2nc(N)cc(C3CC3)n2)cn1COCC[Si](C)(C)C. The monoisotopic (exact) mass is 361 g/mol. The Kier molecular flexibility index (Phi) is 4.83. The molecule has 0 aromatic carbocycles. The molecule has 0 unspecified atom stereocenters. The molecule has 8 heteroatoms. The number of rotatable bonds is 7. The molecular formula is C17H27N5O2Si. The van der Waals surface area contributed by atoms with Crippen LogP contribution in [0, 0.1) is 0 Å². The highest BCUT2D eigenvalue weighted by Crippen LogP contribution is 2.39. The van der Waals surface area contributed by atoms with Gasteiger partial charge in [0, 0.05) is 45.6 Å². The normalized spacial score (nSPS) is 14.9. The molecule has 1 aliphatic rings. The summed E-state index contributed by atoms with van der Waals surface area (Å²) in [7, 11) is 0.602. The van der Waals surface area contributed by atoms with Gasteiger partial charge in [-0.3, -0.25) is 14.2 Å². The summed E-state index contributed by atoms with van der Waals surface area (Å²) >= 11 is 0. The molecular weight excluding hydrogens is 334 g/mol. The number of aromatic nitrogens is 4. The Morgan fingerprint density at radius 1 is 1.32 bits per heavy atom. The van der Waals surface area contributed by atoms with Crippen LogP contribution in [0.5, 0.6) is 0 Å². The minimum atomic E-state index is -1.12. The lowest BCUT2D eigenvalue weighted by atomic mass is 10.2. The average Bonchev–Trinajstić information content (AvgIpc) is 3.32. The van der Waals surface area contributed by atoms with Crippen LogP contribution in [-0.2, 0) is 18.5 Å². The van der Waals surface area contributed by atoms with Crippen molar-refractivity contribution in [2.24, 2.45) is 7.05 Å². The van der Waals surface area contributed by atoms with Crippen LogP contribution in [0.2, 0.25) is 25.7 Å². The number of nitrogens with two attached hydrogens (primary N) is 1. The second-order valence-corrected chi connectivity index (χ2v) is 13.6. The van der Waals surface area contributed by atoms with E-state index < -0.39 is 8.07 Å². The van der Waals surface area contributed by atoms with E-state index in [1.165, 1.54) is 4.68 Å². The first-order chi connectivity index (χ1) is 11.7. The summed E-state index contributed by atoms with van der Waals surface area (Å²) in [6.07, 6.45) is 4.00. The highest BCUT2D eigenvalue weighted by atomic mass is 28.3. The zero-order valence-corrected chi connectivity index (χ0v) is 16.5. The van der Waals surface area contributed by atoms with E-state index in [1.807, 2.05) is 6.07 Å². The number of hydrogen-bond donors (Lipinski definition) is 1. The molecule has 0 amide bonds. The minimum absolute atomic E-state index is 0.138. The highest BCUT2D eigenvalue weighted by Gasteiger charge is 2.26. The van der Waals surface area contributed by atoms with E-state index in [9.17, 15) is 4.79 Å². The summed E-state index contributed by atoms with van der Waals surface area (Å²) in [5.41, 5.74) is 7.17. The number of ether oxygens (including phenoxy) is 1. The zero-order valence-electron chi connectivity index (χ0n) is 15.5. The van der Waals surface area contributed by atoms with Crippen molar-refractivity contribution in [3.05, 3.63) is 28.3 Å². The molecule has 2 heterocycles. The molecule has 7 nitrogen and oxygen atoms in total. The van der Waals surface area contributed by atoms with Gasteiger partial charge in [-0.2, -0.15) is 0 Å². The third-order valence-electron chi connectivity index (χ3n) is 4.41. The van der Waals surface area contributed by atoms with Crippen LogP contribution >= 0.6 is 0 Å². The molecule has 0 saturated heterocycles. The molecule has 2 aromatic rings. The van der Waals surface area contributed by atoms with Gasteiger partial charge in [-0.25, -0.2) is 9.97 Å². The second kappa shape index (κ2) is 6.76. The first-order valence-corrected chi connectivity index (χ1v) is 12.4. The Morgan fingerprint density at radius 2 is 2.04 bits per heavy atom. The molecule has 136 valence electrons. The summed E-state index contributed by atoms with van der Waals surface area (Å²) in [5.74, 6) is 1.27. The van der Waals surface area contributed by atoms with Gasteiger partial charge in [0.1, 0.15) is 18.1 Å². The molecule has 0 aliphatic heterocycles. The second-order valence-electron chi connectivity index (χ2n) is 7.97. The maximum atomic E-state index is 12.6. The maximum absolute atomic E-state index is 12.6. The van der Waals surface area contributed by atoms with Crippen LogP contribution in [0.25, 0.3) is 11.4 Å². The highest BCUT2D eigenvalue weighted by molar-refractivity contribution is 6.76. The van der Waals surface area contributed by atoms with Gasteiger partial charge in [0.25, 0.3) is 5.56 Å². The van der Waals surface area contributed by atoms with Crippen LogP contribution in [0.4, 0.5) is 5.82 Å². The van der Waals surface area contributed by atoms with Crippen LogP contribution in [0.1, 0.15) is 24.5 Å². The predicted octanol–water partition coefficient (Wildman–Crippen LogP) is 2.42. The predicted molar refractivity (Wildman–Crippen MR) is 101 cm³/mol. The van der Waals surface area contributed by atoms with Crippen molar-refractivity contribution >= 4 is 13.9 Å². The van der Waals surface area contributed by atoms with Crippen molar-refractivity contribution in [2.75, 3.05) is 12.3 Å². The largest absolute Gasteiger partial charge is 0.384 e. The topological polar surface area (TPSA) is 88.0 Å². The fourth-order valence-corrected chi connectivity index (χ4v) is 3.35. The van der Waals surface area contributed by atoms with Crippen molar-refractivity contribution in [2.45, 2.75) is 51.2 Å². The van der Waals surface area contributed by atoms with Crippen LogP contribution in [0.15, 0.2) is 17.1 Å². The Hall–Kier alpha value is -1.93. The van der Waals surface area contributed by atoms with Crippen molar-refractivity contribution in [1.29, 1.82) is 0 Å². The van der Waals surface area contributed by atoms with Gasteiger partial charge >= 0.3 is 0 Å². The summed E-state index contributed by atoms with van der Waals surface area (Å²) in [6, 6.07) is 2.90. The fourth-order valence-electron chi connectivity index (χ4n) is 2.59. The molecule has 0 radical (unpaired) electrons. The molecule has 0 spiro atoms. The maximum Gasteiger partial charge on any atom is 0.277 e. The lowest BCUT2D eigenvalue weighted by Gasteiger charge is -2.16. The smallest absolute Gasteiger partial charge is 0.277 e. The van der Waals surface area contributed by atoms with Gasteiger partial charge in [0.05, 0.1) is 0 Å². The van der Waals surface area contributed by atoms with Crippen LogP contribution in [0.3, 0.4) is 0 Å². The van der Waals surface area contributed by atoms with Crippen molar-refractivity contribution < 1.29 is 4.74 Å². The molecule has 0 atom stereocenters. The van der Waals surface area contributed by atoms with E-state index in [4.69, 9.17) is 10.5 Å². The van der Waals surface area contributed by atoms with Gasteiger partial charge in [-0.05, 0) is 18.9 Å². The van der Waals surface area contributed by atoms with Gasteiger partial charge in [-0.1, -0.05) is 19.6 Å². The summed E-state index contributed by atoms with van der Waals surface area (Å²) in [6.45, 7) is 7.99. The van der Waals surface area contributed by atoms with Crippen LogP contribution < -0.4 is 11.3 Å². The summed E-state index contributed by atoms with van der Waals surface area (Å²) < 4.78 is 9.04. The van der Waals surface area contributed by atoms with Crippen molar-refractivity contribution in [3.63, 3.8) is 0 Å². The van der Waals surface area contributed by atoms with E-state index >= 15 is 0 Å². The van der Waals surface area contributed by atoms with Crippen LogP contribution in [-0.4, -0.2) is 34.0 Å². The molecule has 2 aromatic heterocycles. The molecule has 25 heavy (non-hydrogen) atoms. The first-order valence-electron chi connectivity index (χ1n) is 8.73. The Bertz CT molecular complexity index is 817. The van der Waals surface area contributed by atoms with Gasteiger partial charge in [0.2, 0.25) is 0 Å². The Balaban J connectivity index is 1.78. The number of hydrogen-bond acceptors (Lipinski definition) is 5. The summed E-state index contributed by atoms with van der Waals surface area (Å²) in [5, 5.41) is 0. The van der Waals surface area contributed by atoms with E-state index in [1.54, 1.807) is 17.9 Å². The quantitative estimate of drug-likeness (QED) is 0.604. The van der Waals surface area contributed by atoms with E-state index in [-0.39, 0.29) is 5.56 Å². The van der Waals surface area contributed by atoms with Gasteiger partial charge < -0.3 is 10.5 Å². The summed E-state index contributed by atoms with van der Waals surface area (Å²) in [4.78, 5) is 21.4. The molecule has 1 fully saturated rings. The Labute approximate surface area is 148 Å². The number of nitrogens with zero attached hydrogens (tertiary/aromatic N) is 4. The molecule has 3 rings (SSSR count). The number of nitrogen functional groups attached to an aromatic ring is 1. The van der Waals surface area contributed by atoms with E-state index in [2.05, 4.69) is 29.6 Å². The molecule has 1 aliphatic carbocycles. The van der Waals surface area contributed by atoms with Gasteiger partial charge in [0.15, 0.2) is 5.82 Å². The first kappa shape index (κ1) is 17.9. The number of anilines is 1. The van der Waals surface area contributed by atoms with E-state index in [0.29, 0.717) is 36.5 Å². The standard InChI is InChI=1S/C17H27N5O2Si/c1-21-17(23)13(10-22(21)11-24-7-8-25(2,3)4)16-19-14(12-5-6-12)9-15(18)20-16/h9-10,12H,5-8,11H2,1-4H3,(H2,18,19,20). The molecule has 1 saturated carbocycles. The zero-order chi connectivity index (χ0) is 18.2. The lowest BCUT2D eigenvalue weighted by molar-refractivity contribution is 0.0703. The fraction of sp³-hybridized carbons (Fsp3) is 0.588. The Morgan fingerprint density at radius 3 is 2.68 bits per heavy atom.